The van der Waals surface area contributed by atoms with E-state index in [-0.39, 0.29) is 22.7 Å². The Morgan fingerprint density at radius 3 is 2.78 bits per heavy atom. The van der Waals surface area contributed by atoms with Crippen LogP contribution in [-0.2, 0) is 4.74 Å². The van der Waals surface area contributed by atoms with Gasteiger partial charge in [0.1, 0.15) is 5.75 Å². The summed E-state index contributed by atoms with van der Waals surface area (Å²) in [5.74, 6) is 0.0107. The van der Waals surface area contributed by atoms with Crippen LogP contribution in [0.15, 0.2) is 18.2 Å². The average molecular weight is 339 g/mol. The first-order valence-corrected chi connectivity index (χ1v) is 8.62. The second-order valence-electron chi connectivity index (χ2n) is 6.23. The molecule has 2 aliphatic rings. The van der Waals surface area contributed by atoms with Crippen molar-refractivity contribution in [3.63, 3.8) is 0 Å². The van der Waals surface area contributed by atoms with Crippen molar-refractivity contribution in [2.45, 2.75) is 25.3 Å². The molecule has 0 radical (unpaired) electrons. The molecule has 1 aromatic carbocycles. The van der Waals surface area contributed by atoms with Crippen LogP contribution in [0, 0.1) is 0 Å². The highest BCUT2D eigenvalue weighted by Crippen LogP contribution is 2.26. The zero-order valence-corrected chi connectivity index (χ0v) is 14.0. The zero-order chi connectivity index (χ0) is 16.2. The number of aromatic hydroxyl groups is 1. The van der Waals surface area contributed by atoms with E-state index < -0.39 is 0 Å². The van der Waals surface area contributed by atoms with Crippen molar-refractivity contribution in [1.82, 2.24) is 9.80 Å². The van der Waals surface area contributed by atoms with Gasteiger partial charge in [0.15, 0.2) is 0 Å². The minimum Gasteiger partial charge on any atom is -0.506 e. The lowest BCUT2D eigenvalue weighted by molar-refractivity contribution is 0.0166. The van der Waals surface area contributed by atoms with E-state index in [2.05, 4.69) is 4.90 Å². The highest BCUT2D eigenvalue weighted by Gasteiger charge is 2.29. The zero-order valence-electron chi connectivity index (χ0n) is 13.2. The molecule has 5 nitrogen and oxygen atoms in total. The summed E-state index contributed by atoms with van der Waals surface area (Å²) in [7, 11) is 0. The second-order valence-corrected chi connectivity index (χ2v) is 6.63. The minimum atomic E-state index is 0.00450. The number of carbonyl (C=O) groups excluding carboxylic acids is 1. The first-order valence-electron chi connectivity index (χ1n) is 8.25. The third kappa shape index (κ3) is 3.97. The van der Waals surface area contributed by atoms with Gasteiger partial charge in [-0.05, 0) is 37.5 Å². The first-order chi connectivity index (χ1) is 11.1. The van der Waals surface area contributed by atoms with E-state index in [9.17, 15) is 9.90 Å². The molecule has 1 N–H and O–H groups in total. The lowest BCUT2D eigenvalue weighted by Gasteiger charge is -2.39. The Kier molecular flexibility index (Phi) is 5.41. The standard InChI is InChI=1S/C17H23ClN2O3/c18-15-11-13(4-5-16(15)21)17(22)20-6-2-1-3-14(20)12-19-7-9-23-10-8-19/h4-5,11,14,21H,1-3,6-10,12H2. The second kappa shape index (κ2) is 7.51. The van der Waals surface area contributed by atoms with Gasteiger partial charge in [0, 0.05) is 37.8 Å². The van der Waals surface area contributed by atoms with Gasteiger partial charge in [0.05, 0.1) is 18.2 Å². The van der Waals surface area contributed by atoms with Crippen LogP contribution >= 0.6 is 11.6 Å². The summed E-state index contributed by atoms with van der Waals surface area (Å²) in [6.07, 6.45) is 3.24. The molecule has 0 aliphatic carbocycles. The van der Waals surface area contributed by atoms with Crippen LogP contribution in [0.3, 0.4) is 0 Å². The largest absolute Gasteiger partial charge is 0.506 e. The van der Waals surface area contributed by atoms with Gasteiger partial charge in [0.25, 0.3) is 5.91 Å². The maximum Gasteiger partial charge on any atom is 0.254 e. The van der Waals surface area contributed by atoms with E-state index in [0.717, 1.165) is 58.7 Å². The summed E-state index contributed by atoms with van der Waals surface area (Å²) in [4.78, 5) is 17.2. The van der Waals surface area contributed by atoms with Crippen molar-refractivity contribution in [2.24, 2.45) is 0 Å². The van der Waals surface area contributed by atoms with Gasteiger partial charge >= 0.3 is 0 Å². The van der Waals surface area contributed by atoms with Crippen LogP contribution in [0.25, 0.3) is 0 Å². The van der Waals surface area contributed by atoms with Crippen molar-refractivity contribution in [3.05, 3.63) is 28.8 Å². The molecule has 0 bridgehead atoms. The number of ether oxygens (including phenoxy) is 1. The molecule has 0 spiro atoms. The molecule has 2 saturated heterocycles. The number of piperidine rings is 1. The number of phenolic OH excluding ortho intramolecular Hbond substituents is 1. The minimum absolute atomic E-state index is 0.00450. The molecule has 2 aliphatic heterocycles. The van der Waals surface area contributed by atoms with Crippen molar-refractivity contribution >= 4 is 17.5 Å². The molecule has 2 heterocycles. The predicted molar refractivity (Wildman–Crippen MR) is 89.1 cm³/mol. The van der Waals surface area contributed by atoms with Gasteiger partial charge in [-0.25, -0.2) is 0 Å². The van der Waals surface area contributed by atoms with Crippen LogP contribution in [0.5, 0.6) is 5.75 Å². The molecule has 1 amide bonds. The fourth-order valence-electron chi connectivity index (χ4n) is 3.35. The van der Waals surface area contributed by atoms with E-state index in [0.29, 0.717) is 5.56 Å². The van der Waals surface area contributed by atoms with Crippen molar-refractivity contribution in [2.75, 3.05) is 39.4 Å². The number of hydrogen-bond donors (Lipinski definition) is 1. The molecule has 23 heavy (non-hydrogen) atoms. The number of morpholine rings is 1. The van der Waals surface area contributed by atoms with Crippen LogP contribution in [0.2, 0.25) is 5.02 Å². The number of nitrogens with zero attached hydrogens (tertiary/aromatic N) is 2. The molecule has 1 aromatic rings. The van der Waals surface area contributed by atoms with Gasteiger partial charge in [0.2, 0.25) is 0 Å². The summed E-state index contributed by atoms with van der Waals surface area (Å²) in [6, 6.07) is 4.92. The van der Waals surface area contributed by atoms with E-state index >= 15 is 0 Å². The average Bonchev–Trinajstić information content (AvgIpc) is 2.58. The number of likely N-dealkylation sites (tertiary alicyclic amines) is 1. The maximum absolute atomic E-state index is 12.9. The van der Waals surface area contributed by atoms with Gasteiger partial charge in [-0.15, -0.1) is 0 Å². The molecule has 1 atom stereocenters. The number of rotatable bonds is 3. The third-order valence-electron chi connectivity index (χ3n) is 4.66. The van der Waals surface area contributed by atoms with Gasteiger partial charge in [-0.1, -0.05) is 11.6 Å². The molecule has 2 fully saturated rings. The van der Waals surface area contributed by atoms with Gasteiger partial charge in [-0.3, -0.25) is 9.69 Å². The fourth-order valence-corrected chi connectivity index (χ4v) is 3.53. The van der Waals surface area contributed by atoms with E-state index in [1.54, 1.807) is 12.1 Å². The quantitative estimate of drug-likeness (QED) is 0.919. The van der Waals surface area contributed by atoms with Crippen molar-refractivity contribution < 1.29 is 14.6 Å². The number of carbonyl (C=O) groups is 1. The Bertz CT molecular complexity index is 561. The molecule has 1 unspecified atom stereocenters. The molecule has 0 saturated carbocycles. The fraction of sp³-hybridized carbons (Fsp3) is 0.588. The van der Waals surface area contributed by atoms with E-state index in [1.807, 2.05) is 4.90 Å². The summed E-state index contributed by atoms with van der Waals surface area (Å²) >= 11 is 5.95. The predicted octanol–water partition coefficient (Wildman–Crippen LogP) is 2.37. The van der Waals surface area contributed by atoms with Gasteiger partial charge in [-0.2, -0.15) is 0 Å². The Balaban J connectivity index is 1.71. The smallest absolute Gasteiger partial charge is 0.254 e. The maximum atomic E-state index is 12.9. The molecular weight excluding hydrogens is 316 g/mol. The summed E-state index contributed by atoms with van der Waals surface area (Å²) in [6.45, 7) is 5.10. The molecule has 3 rings (SSSR count). The summed E-state index contributed by atoms with van der Waals surface area (Å²) in [5, 5.41) is 9.75. The Hall–Kier alpha value is -1.30. The topological polar surface area (TPSA) is 53.0 Å². The van der Waals surface area contributed by atoms with E-state index in [1.165, 1.54) is 6.07 Å². The van der Waals surface area contributed by atoms with E-state index in [4.69, 9.17) is 16.3 Å². The Morgan fingerprint density at radius 1 is 1.26 bits per heavy atom. The lowest BCUT2D eigenvalue weighted by Crippen LogP contribution is -2.51. The SMILES string of the molecule is O=C(c1ccc(O)c(Cl)c1)N1CCCCC1CN1CCOCC1. The lowest BCUT2D eigenvalue weighted by atomic mass is 10.00. The normalized spacial score (nSPS) is 23.0. The first kappa shape index (κ1) is 16.6. The summed E-state index contributed by atoms with van der Waals surface area (Å²) < 4.78 is 5.40. The molecule has 126 valence electrons. The van der Waals surface area contributed by atoms with Gasteiger partial charge < -0.3 is 14.7 Å². The van der Waals surface area contributed by atoms with Crippen molar-refractivity contribution in [1.29, 1.82) is 0 Å². The van der Waals surface area contributed by atoms with Crippen LogP contribution < -0.4 is 0 Å². The molecular formula is C17H23ClN2O3. The number of phenols is 1. The highest BCUT2D eigenvalue weighted by atomic mass is 35.5. The van der Waals surface area contributed by atoms with Crippen LogP contribution in [-0.4, -0.2) is 66.2 Å². The number of amides is 1. The molecule has 6 heteroatoms. The molecule has 0 aromatic heterocycles. The van der Waals surface area contributed by atoms with Crippen LogP contribution in [0.4, 0.5) is 0 Å². The third-order valence-corrected chi connectivity index (χ3v) is 4.96. The Morgan fingerprint density at radius 2 is 2.04 bits per heavy atom. The number of halogens is 1. The monoisotopic (exact) mass is 338 g/mol. The summed E-state index contributed by atoms with van der Waals surface area (Å²) in [5.41, 5.74) is 0.543. The highest BCUT2D eigenvalue weighted by molar-refractivity contribution is 6.32. The Labute approximate surface area is 141 Å². The number of hydrogen-bond acceptors (Lipinski definition) is 4. The number of benzene rings is 1. The van der Waals surface area contributed by atoms with Crippen molar-refractivity contribution in [3.8, 4) is 5.75 Å². The van der Waals surface area contributed by atoms with Crippen LogP contribution in [0.1, 0.15) is 29.6 Å².